The number of ether oxygens (including phenoxy) is 2. The first-order valence-corrected chi connectivity index (χ1v) is 9.29. The minimum Gasteiger partial charge on any atom is -0.496 e. The van der Waals surface area contributed by atoms with Crippen LogP contribution in [-0.4, -0.2) is 46.3 Å². The van der Waals surface area contributed by atoms with Crippen LogP contribution in [0, 0.1) is 0 Å². The van der Waals surface area contributed by atoms with Crippen LogP contribution in [0.5, 0.6) is 11.5 Å². The largest absolute Gasteiger partial charge is 0.496 e. The van der Waals surface area contributed by atoms with E-state index in [4.69, 9.17) is 9.47 Å². The minimum atomic E-state index is -1.03. The van der Waals surface area contributed by atoms with E-state index in [2.05, 4.69) is 5.10 Å². The molecule has 1 heterocycles. The molecule has 0 fully saturated rings. The Morgan fingerprint density at radius 3 is 2.41 bits per heavy atom. The Morgan fingerprint density at radius 2 is 1.76 bits per heavy atom. The number of aliphatic hydroxyl groups is 1. The van der Waals surface area contributed by atoms with Gasteiger partial charge >= 0.3 is 5.97 Å². The second kappa shape index (κ2) is 8.79. The van der Waals surface area contributed by atoms with Gasteiger partial charge in [0.1, 0.15) is 11.5 Å². The van der Waals surface area contributed by atoms with Crippen LogP contribution in [0.15, 0.2) is 48.5 Å². The molecule has 0 aliphatic heterocycles. The van der Waals surface area contributed by atoms with Crippen molar-refractivity contribution in [1.29, 1.82) is 0 Å². The number of para-hydroxylation sites is 1. The number of hydrogen-bond acceptors (Lipinski definition) is 5. The van der Waals surface area contributed by atoms with Gasteiger partial charge in [-0.15, -0.1) is 0 Å². The van der Waals surface area contributed by atoms with Gasteiger partial charge in [-0.25, -0.2) is 4.79 Å². The van der Waals surface area contributed by atoms with Crippen molar-refractivity contribution in [3.05, 3.63) is 54.1 Å². The molecule has 0 saturated heterocycles. The smallest absolute Gasteiger partial charge is 0.335 e. The maximum atomic E-state index is 11.4. The molecule has 0 unspecified atom stereocenters. The first kappa shape index (κ1) is 20.4. The third-order valence-corrected chi connectivity index (χ3v) is 4.74. The molecule has 152 valence electrons. The second-order valence-electron chi connectivity index (χ2n) is 6.58. The zero-order valence-corrected chi connectivity index (χ0v) is 16.6. The Bertz CT molecular complexity index is 1010. The third kappa shape index (κ3) is 4.25. The summed E-state index contributed by atoms with van der Waals surface area (Å²) in [4.78, 5) is 11.4. The van der Waals surface area contributed by atoms with Gasteiger partial charge in [0.2, 0.25) is 0 Å². The third-order valence-electron chi connectivity index (χ3n) is 4.74. The van der Waals surface area contributed by atoms with Crippen LogP contribution >= 0.6 is 0 Å². The number of carboxylic acids is 1. The maximum Gasteiger partial charge on any atom is 0.335 e. The van der Waals surface area contributed by atoms with Crippen LogP contribution in [0.1, 0.15) is 23.7 Å². The van der Waals surface area contributed by atoms with Gasteiger partial charge in [-0.1, -0.05) is 19.1 Å². The highest BCUT2D eigenvalue weighted by Crippen LogP contribution is 2.36. The zero-order chi connectivity index (χ0) is 21.0. The number of methoxy groups -OCH3 is 2. The molecule has 0 amide bonds. The molecule has 0 aliphatic carbocycles. The fraction of sp³-hybridized carbons (Fsp3) is 0.273. The van der Waals surface area contributed by atoms with Crippen LogP contribution in [0.25, 0.3) is 22.5 Å². The Kier molecular flexibility index (Phi) is 6.19. The van der Waals surface area contributed by atoms with E-state index < -0.39 is 12.1 Å². The van der Waals surface area contributed by atoms with E-state index in [1.54, 1.807) is 17.9 Å². The number of aliphatic hydroxyl groups excluding tert-OH is 1. The number of aromatic carboxylic acids is 1. The molecule has 0 aliphatic rings. The molecular weight excluding hydrogens is 372 g/mol. The lowest BCUT2D eigenvalue weighted by Gasteiger charge is -2.13. The maximum absolute atomic E-state index is 11.4. The SMILES string of the molecule is CC[C@@H](O)Cn1nc(-c2cc(C(=O)O)ccc2OC)cc1-c1ccccc1OC. The van der Waals surface area contributed by atoms with E-state index in [0.29, 0.717) is 35.7 Å². The summed E-state index contributed by atoms with van der Waals surface area (Å²) in [6.07, 6.45) is 0.0155. The number of nitrogens with zero attached hydrogens (tertiary/aromatic N) is 2. The summed E-state index contributed by atoms with van der Waals surface area (Å²) in [6, 6.07) is 14.0. The minimum absolute atomic E-state index is 0.141. The number of carbonyl (C=O) groups is 1. The molecule has 0 saturated carbocycles. The molecule has 2 N–H and O–H groups in total. The predicted molar refractivity (Wildman–Crippen MR) is 109 cm³/mol. The van der Waals surface area contributed by atoms with Gasteiger partial charge in [0, 0.05) is 11.1 Å². The zero-order valence-electron chi connectivity index (χ0n) is 16.6. The van der Waals surface area contributed by atoms with Gasteiger partial charge in [-0.3, -0.25) is 4.68 Å². The Balaban J connectivity index is 2.19. The van der Waals surface area contributed by atoms with Crippen LogP contribution in [0.2, 0.25) is 0 Å². The molecule has 0 bridgehead atoms. The topological polar surface area (TPSA) is 93.8 Å². The predicted octanol–water partition coefficient (Wildman–Crippen LogP) is 3.70. The molecular formula is C22H24N2O5. The van der Waals surface area contributed by atoms with Gasteiger partial charge in [-0.05, 0) is 42.8 Å². The van der Waals surface area contributed by atoms with Gasteiger partial charge in [-0.2, -0.15) is 5.10 Å². The van der Waals surface area contributed by atoms with Crippen molar-refractivity contribution < 1.29 is 24.5 Å². The van der Waals surface area contributed by atoms with E-state index in [1.165, 1.54) is 19.2 Å². The fourth-order valence-corrected chi connectivity index (χ4v) is 3.13. The highest BCUT2D eigenvalue weighted by atomic mass is 16.5. The molecule has 2 aromatic carbocycles. The van der Waals surface area contributed by atoms with Crippen molar-refractivity contribution in [2.75, 3.05) is 14.2 Å². The quantitative estimate of drug-likeness (QED) is 0.603. The number of rotatable bonds is 8. The van der Waals surface area contributed by atoms with E-state index >= 15 is 0 Å². The molecule has 0 radical (unpaired) electrons. The van der Waals surface area contributed by atoms with E-state index in [0.717, 1.165) is 11.3 Å². The molecule has 29 heavy (non-hydrogen) atoms. The van der Waals surface area contributed by atoms with Crippen molar-refractivity contribution in [2.24, 2.45) is 0 Å². The summed E-state index contributed by atoms with van der Waals surface area (Å²) < 4.78 is 12.6. The monoisotopic (exact) mass is 396 g/mol. The van der Waals surface area contributed by atoms with Gasteiger partial charge in [0.15, 0.2) is 0 Å². The van der Waals surface area contributed by atoms with E-state index in [9.17, 15) is 15.0 Å². The standard InChI is InChI=1S/C22H24N2O5/c1-4-15(25)13-24-19(16-7-5-6-8-20(16)28-2)12-18(23-24)17-11-14(22(26)27)9-10-21(17)29-3/h5-12,15,25H,4,13H2,1-3H3,(H,26,27)/t15-/m1/s1. The molecule has 7 heteroatoms. The van der Waals surface area contributed by atoms with Gasteiger partial charge < -0.3 is 19.7 Å². The average molecular weight is 396 g/mol. The van der Waals surface area contributed by atoms with Crippen molar-refractivity contribution in [2.45, 2.75) is 26.0 Å². The number of aromatic nitrogens is 2. The molecule has 3 rings (SSSR count). The normalized spacial score (nSPS) is 11.9. The lowest BCUT2D eigenvalue weighted by molar-refractivity contribution is 0.0697. The number of hydrogen-bond donors (Lipinski definition) is 2. The van der Waals surface area contributed by atoms with Crippen LogP contribution in [0.4, 0.5) is 0 Å². The summed E-state index contributed by atoms with van der Waals surface area (Å²) in [6.45, 7) is 2.20. The summed E-state index contributed by atoms with van der Waals surface area (Å²) in [5.74, 6) is 0.166. The highest BCUT2D eigenvalue weighted by molar-refractivity contribution is 5.90. The van der Waals surface area contributed by atoms with E-state index in [1.807, 2.05) is 37.3 Å². The van der Waals surface area contributed by atoms with Crippen molar-refractivity contribution in [3.63, 3.8) is 0 Å². The van der Waals surface area contributed by atoms with Crippen molar-refractivity contribution >= 4 is 5.97 Å². The summed E-state index contributed by atoms with van der Waals surface area (Å²) in [7, 11) is 3.12. The molecule has 7 nitrogen and oxygen atoms in total. The van der Waals surface area contributed by atoms with E-state index in [-0.39, 0.29) is 5.56 Å². The summed E-state index contributed by atoms with van der Waals surface area (Å²) in [5, 5.41) is 24.2. The lowest BCUT2D eigenvalue weighted by Crippen LogP contribution is -2.16. The highest BCUT2D eigenvalue weighted by Gasteiger charge is 2.19. The Labute approximate surface area is 169 Å². The van der Waals surface area contributed by atoms with Crippen molar-refractivity contribution in [3.8, 4) is 34.0 Å². The molecule has 0 spiro atoms. The molecule has 1 aromatic heterocycles. The summed E-state index contributed by atoms with van der Waals surface area (Å²) >= 11 is 0. The van der Waals surface area contributed by atoms with Gasteiger partial charge in [0.25, 0.3) is 0 Å². The first-order chi connectivity index (χ1) is 14.0. The van der Waals surface area contributed by atoms with Gasteiger partial charge in [0.05, 0.1) is 43.8 Å². The summed E-state index contributed by atoms with van der Waals surface area (Å²) in [5.41, 5.74) is 2.84. The Morgan fingerprint density at radius 1 is 1.07 bits per heavy atom. The van der Waals surface area contributed by atoms with Crippen LogP contribution in [0.3, 0.4) is 0 Å². The average Bonchev–Trinajstić information content (AvgIpc) is 3.16. The fourth-order valence-electron chi connectivity index (χ4n) is 3.13. The van der Waals surface area contributed by atoms with Crippen molar-refractivity contribution in [1.82, 2.24) is 9.78 Å². The van der Waals surface area contributed by atoms with Crippen LogP contribution in [-0.2, 0) is 6.54 Å². The number of benzene rings is 2. The molecule has 3 aromatic rings. The Hall–Kier alpha value is -3.32. The number of carboxylic acid groups (broad SMARTS) is 1. The second-order valence-corrected chi connectivity index (χ2v) is 6.58. The lowest BCUT2D eigenvalue weighted by atomic mass is 10.0. The van der Waals surface area contributed by atoms with Crippen LogP contribution < -0.4 is 9.47 Å². The first-order valence-electron chi connectivity index (χ1n) is 9.29. The molecule has 1 atom stereocenters.